The van der Waals surface area contributed by atoms with Crippen LogP contribution in [0.15, 0.2) is 36.7 Å². The maximum Gasteiger partial charge on any atom is 0.0365 e. The van der Waals surface area contributed by atoms with E-state index in [1.165, 1.54) is 16.3 Å². The van der Waals surface area contributed by atoms with Crippen LogP contribution < -0.4 is 5.32 Å². The number of fused-ring (bicyclic) bond motifs is 1. The van der Waals surface area contributed by atoms with Gasteiger partial charge in [0.05, 0.1) is 0 Å². The summed E-state index contributed by atoms with van der Waals surface area (Å²) in [5.74, 6) is 0.649. The lowest BCUT2D eigenvalue weighted by molar-refractivity contribution is 0.420. The minimum atomic E-state index is 0.365. The van der Waals surface area contributed by atoms with E-state index in [-0.39, 0.29) is 0 Å². The van der Waals surface area contributed by atoms with Gasteiger partial charge in [0.25, 0.3) is 0 Å². The van der Waals surface area contributed by atoms with E-state index in [4.69, 9.17) is 0 Å². The molecule has 2 aromatic rings. The standard InChI is InChI=1S/C19H26N2/c1-6-21-16(17-18(2,3)19(17,4)5)14-9-7-8-13-10-11-20-12-15(13)14/h7-12,16-17,21H,6H2,1-5H3. The zero-order valence-electron chi connectivity index (χ0n) is 13.8. The van der Waals surface area contributed by atoms with Crippen molar-refractivity contribution in [2.45, 2.75) is 40.7 Å². The van der Waals surface area contributed by atoms with Gasteiger partial charge in [0.2, 0.25) is 0 Å². The van der Waals surface area contributed by atoms with Crippen LogP contribution in [0.5, 0.6) is 0 Å². The molecule has 0 bridgehead atoms. The van der Waals surface area contributed by atoms with Crippen LogP contribution in [0, 0.1) is 16.7 Å². The minimum absolute atomic E-state index is 0.365. The van der Waals surface area contributed by atoms with Crippen molar-refractivity contribution in [2.75, 3.05) is 6.54 Å². The summed E-state index contributed by atoms with van der Waals surface area (Å²) in [6, 6.07) is 9.11. The highest BCUT2D eigenvalue weighted by molar-refractivity contribution is 5.85. The van der Waals surface area contributed by atoms with Gasteiger partial charge in [0.1, 0.15) is 0 Å². The predicted octanol–water partition coefficient (Wildman–Crippen LogP) is 4.57. The highest BCUT2D eigenvalue weighted by Gasteiger charge is 2.67. The molecule has 1 aromatic heterocycles. The molecular formula is C19H26N2. The molecule has 0 aliphatic heterocycles. The van der Waals surface area contributed by atoms with E-state index in [9.17, 15) is 0 Å². The summed E-state index contributed by atoms with van der Waals surface area (Å²) in [6.45, 7) is 12.8. The fraction of sp³-hybridized carbons (Fsp3) is 0.526. The Hall–Kier alpha value is -1.41. The second-order valence-corrected chi connectivity index (χ2v) is 7.40. The topological polar surface area (TPSA) is 24.9 Å². The molecule has 21 heavy (non-hydrogen) atoms. The average molecular weight is 282 g/mol. The number of hydrogen-bond acceptors (Lipinski definition) is 2. The second kappa shape index (κ2) is 4.81. The third-order valence-corrected chi connectivity index (χ3v) is 5.94. The fourth-order valence-corrected chi connectivity index (χ4v) is 4.12. The monoisotopic (exact) mass is 282 g/mol. The molecule has 2 heteroatoms. The zero-order chi connectivity index (χ0) is 15.3. The molecule has 0 radical (unpaired) electrons. The molecule has 0 spiro atoms. The van der Waals surface area contributed by atoms with Crippen LogP contribution in [0.1, 0.15) is 46.2 Å². The molecular weight excluding hydrogens is 256 g/mol. The van der Waals surface area contributed by atoms with Crippen LogP contribution >= 0.6 is 0 Å². The molecule has 3 rings (SSSR count). The highest BCUT2D eigenvalue weighted by atomic mass is 15.0. The Labute approximate surface area is 128 Å². The first kappa shape index (κ1) is 14.5. The van der Waals surface area contributed by atoms with E-state index in [0.717, 1.165) is 6.54 Å². The van der Waals surface area contributed by atoms with Gasteiger partial charge in [-0.05, 0) is 40.3 Å². The van der Waals surface area contributed by atoms with Gasteiger partial charge in [-0.3, -0.25) is 4.98 Å². The Morgan fingerprint density at radius 3 is 2.48 bits per heavy atom. The number of nitrogens with zero attached hydrogens (tertiary/aromatic N) is 1. The van der Waals surface area contributed by atoms with Gasteiger partial charge in [-0.15, -0.1) is 0 Å². The molecule has 1 aliphatic carbocycles. The van der Waals surface area contributed by atoms with Crippen molar-refractivity contribution >= 4 is 10.8 Å². The first-order valence-electron chi connectivity index (χ1n) is 7.97. The van der Waals surface area contributed by atoms with Crippen LogP contribution in [0.2, 0.25) is 0 Å². The van der Waals surface area contributed by atoms with E-state index < -0.39 is 0 Å². The Morgan fingerprint density at radius 1 is 1.14 bits per heavy atom. The molecule has 112 valence electrons. The second-order valence-electron chi connectivity index (χ2n) is 7.40. The maximum atomic E-state index is 4.34. The Morgan fingerprint density at radius 2 is 1.86 bits per heavy atom. The van der Waals surface area contributed by atoms with Gasteiger partial charge in [0.15, 0.2) is 0 Å². The molecule has 0 amide bonds. The first-order chi connectivity index (χ1) is 9.91. The van der Waals surface area contributed by atoms with E-state index >= 15 is 0 Å². The lowest BCUT2D eigenvalue weighted by Gasteiger charge is -2.22. The molecule has 1 heterocycles. The quantitative estimate of drug-likeness (QED) is 0.888. The largest absolute Gasteiger partial charge is 0.310 e. The van der Waals surface area contributed by atoms with Crippen LogP contribution in [-0.4, -0.2) is 11.5 Å². The summed E-state index contributed by atoms with van der Waals surface area (Å²) in [4.78, 5) is 4.34. The normalized spacial score (nSPS) is 21.4. The fourth-order valence-electron chi connectivity index (χ4n) is 4.12. The minimum Gasteiger partial charge on any atom is -0.310 e. The zero-order valence-corrected chi connectivity index (χ0v) is 13.8. The summed E-state index contributed by atoms with van der Waals surface area (Å²) >= 11 is 0. The average Bonchev–Trinajstić information content (AvgIpc) is 2.86. The molecule has 1 saturated carbocycles. The third-order valence-electron chi connectivity index (χ3n) is 5.94. The summed E-state index contributed by atoms with van der Waals surface area (Å²) < 4.78 is 0. The SMILES string of the molecule is CCNC(c1cccc2ccncc12)C1C(C)(C)C1(C)C. The molecule has 1 N–H and O–H groups in total. The molecule has 0 saturated heterocycles. The molecule has 1 aliphatic rings. The lowest BCUT2D eigenvalue weighted by atomic mass is 9.93. The summed E-state index contributed by atoms with van der Waals surface area (Å²) in [5.41, 5.74) is 2.13. The molecule has 1 atom stereocenters. The van der Waals surface area contributed by atoms with Crippen molar-refractivity contribution in [1.82, 2.24) is 10.3 Å². The molecule has 1 fully saturated rings. The van der Waals surface area contributed by atoms with Gasteiger partial charge in [-0.2, -0.15) is 0 Å². The number of benzene rings is 1. The predicted molar refractivity (Wildman–Crippen MR) is 89.2 cm³/mol. The van der Waals surface area contributed by atoms with E-state index in [2.05, 4.69) is 69.2 Å². The summed E-state index contributed by atoms with van der Waals surface area (Å²) in [7, 11) is 0. The Kier molecular flexibility index (Phi) is 3.32. The smallest absolute Gasteiger partial charge is 0.0365 e. The molecule has 1 aromatic carbocycles. The summed E-state index contributed by atoms with van der Waals surface area (Å²) in [6.07, 6.45) is 3.89. The molecule has 1 unspecified atom stereocenters. The number of aromatic nitrogens is 1. The first-order valence-corrected chi connectivity index (χ1v) is 7.97. The Balaban J connectivity index is 2.10. The maximum absolute atomic E-state index is 4.34. The number of hydrogen-bond donors (Lipinski definition) is 1. The lowest BCUT2D eigenvalue weighted by Crippen LogP contribution is -2.25. The van der Waals surface area contributed by atoms with Gasteiger partial charge >= 0.3 is 0 Å². The van der Waals surface area contributed by atoms with Crippen LogP contribution in [0.3, 0.4) is 0 Å². The van der Waals surface area contributed by atoms with Crippen LogP contribution in [-0.2, 0) is 0 Å². The van der Waals surface area contributed by atoms with Crippen molar-refractivity contribution in [3.63, 3.8) is 0 Å². The van der Waals surface area contributed by atoms with Crippen molar-refractivity contribution in [3.05, 3.63) is 42.2 Å². The summed E-state index contributed by atoms with van der Waals surface area (Å²) in [5, 5.41) is 6.30. The van der Waals surface area contributed by atoms with Gasteiger partial charge < -0.3 is 5.32 Å². The van der Waals surface area contributed by atoms with Gasteiger partial charge in [-0.1, -0.05) is 52.8 Å². The van der Waals surface area contributed by atoms with E-state index in [1.54, 1.807) is 0 Å². The number of rotatable bonds is 4. The van der Waals surface area contributed by atoms with Crippen molar-refractivity contribution < 1.29 is 0 Å². The van der Waals surface area contributed by atoms with E-state index in [1.807, 2.05) is 12.4 Å². The van der Waals surface area contributed by atoms with Gasteiger partial charge in [-0.25, -0.2) is 0 Å². The highest BCUT2D eigenvalue weighted by Crippen LogP contribution is 2.72. The van der Waals surface area contributed by atoms with Crippen molar-refractivity contribution in [1.29, 1.82) is 0 Å². The van der Waals surface area contributed by atoms with Crippen molar-refractivity contribution in [2.24, 2.45) is 16.7 Å². The van der Waals surface area contributed by atoms with E-state index in [0.29, 0.717) is 22.8 Å². The number of nitrogens with one attached hydrogen (secondary N) is 1. The number of pyridine rings is 1. The Bertz CT molecular complexity index is 638. The third kappa shape index (κ3) is 2.08. The van der Waals surface area contributed by atoms with Crippen molar-refractivity contribution in [3.8, 4) is 0 Å². The van der Waals surface area contributed by atoms with Crippen LogP contribution in [0.4, 0.5) is 0 Å². The van der Waals surface area contributed by atoms with Crippen LogP contribution in [0.25, 0.3) is 10.8 Å². The molecule has 2 nitrogen and oxygen atoms in total. The van der Waals surface area contributed by atoms with Gasteiger partial charge in [0, 0.05) is 23.8 Å².